The Morgan fingerprint density at radius 3 is 0.968 bits per heavy atom. The molecule has 6 heteroatoms. The van der Waals surface area contributed by atoms with Crippen LogP contribution < -0.4 is 0 Å². The van der Waals surface area contributed by atoms with Crippen molar-refractivity contribution in [1.29, 1.82) is 0 Å². The third kappa shape index (κ3) is 48.9. The molecule has 0 aliphatic rings. The quantitative estimate of drug-likeness (QED) is 0.0262. The lowest BCUT2D eigenvalue weighted by atomic mass is 10.0. The molecular weight excluding hydrogens is 769 g/mol. The first-order valence-electron chi connectivity index (χ1n) is 27.3. The standard InChI is InChI=1S/C56H104O6/c1-4-7-10-13-16-19-22-25-28-31-34-37-40-43-46-49-55(58)61-52-53(51-60-54(57)48-45-42-39-36-33-30-27-24-21-18-15-12-9-6-3)62-56(59)50-47-44-41-38-35-32-29-26-23-20-17-14-11-8-5-2/h9,12,18,21,53H,4-8,10-11,13-17,19-20,22-52H2,1-3H3/b12-9-,21-18-. The van der Waals surface area contributed by atoms with Gasteiger partial charge in [-0.2, -0.15) is 0 Å². The summed E-state index contributed by atoms with van der Waals surface area (Å²) in [6, 6.07) is 0. The smallest absolute Gasteiger partial charge is 0.306 e. The van der Waals surface area contributed by atoms with Gasteiger partial charge < -0.3 is 14.2 Å². The van der Waals surface area contributed by atoms with Crippen molar-refractivity contribution in [3.8, 4) is 0 Å². The molecule has 0 amide bonds. The summed E-state index contributed by atoms with van der Waals surface area (Å²) in [6.45, 7) is 6.57. The molecule has 6 nitrogen and oxygen atoms in total. The molecular formula is C56H104O6. The predicted molar refractivity (Wildman–Crippen MR) is 266 cm³/mol. The Hall–Kier alpha value is -2.11. The predicted octanol–water partition coefficient (Wildman–Crippen LogP) is 17.9. The zero-order chi connectivity index (χ0) is 45.1. The fraction of sp³-hybridized carbons (Fsp3) is 0.875. The van der Waals surface area contributed by atoms with E-state index in [1.165, 1.54) is 180 Å². The van der Waals surface area contributed by atoms with Crippen LogP contribution in [0.2, 0.25) is 0 Å². The molecule has 0 rings (SSSR count). The minimum atomic E-state index is -0.768. The highest BCUT2D eigenvalue weighted by molar-refractivity contribution is 5.71. The molecule has 0 aromatic heterocycles. The molecule has 0 aliphatic carbocycles. The highest BCUT2D eigenvalue weighted by Gasteiger charge is 2.19. The lowest BCUT2D eigenvalue weighted by Gasteiger charge is -2.18. The molecule has 0 saturated carbocycles. The van der Waals surface area contributed by atoms with Crippen LogP contribution in [0.15, 0.2) is 24.3 Å². The van der Waals surface area contributed by atoms with Crippen molar-refractivity contribution in [2.24, 2.45) is 0 Å². The maximum atomic E-state index is 12.8. The highest BCUT2D eigenvalue weighted by atomic mass is 16.6. The fourth-order valence-corrected chi connectivity index (χ4v) is 8.13. The van der Waals surface area contributed by atoms with Gasteiger partial charge in [-0.05, 0) is 44.9 Å². The number of esters is 3. The minimum absolute atomic E-state index is 0.0683. The van der Waals surface area contributed by atoms with Crippen LogP contribution in [0.3, 0.4) is 0 Å². The second kappa shape index (κ2) is 51.5. The van der Waals surface area contributed by atoms with Gasteiger partial charge in [0.05, 0.1) is 0 Å². The second-order valence-electron chi connectivity index (χ2n) is 18.5. The summed E-state index contributed by atoms with van der Waals surface area (Å²) in [6.07, 6.45) is 58.7. The summed E-state index contributed by atoms with van der Waals surface area (Å²) in [5, 5.41) is 0. The number of ether oxygens (including phenoxy) is 3. The number of hydrogen-bond acceptors (Lipinski definition) is 6. The molecule has 1 atom stereocenters. The topological polar surface area (TPSA) is 78.9 Å². The van der Waals surface area contributed by atoms with E-state index in [9.17, 15) is 14.4 Å². The van der Waals surface area contributed by atoms with Crippen LogP contribution in [-0.2, 0) is 28.6 Å². The first kappa shape index (κ1) is 59.9. The Balaban J connectivity index is 4.33. The Bertz CT molecular complexity index is 1000. The Morgan fingerprint density at radius 2 is 0.629 bits per heavy atom. The number of unbranched alkanes of at least 4 members (excludes halogenated alkanes) is 35. The summed E-state index contributed by atoms with van der Waals surface area (Å²) >= 11 is 0. The van der Waals surface area contributed by atoms with E-state index in [2.05, 4.69) is 45.1 Å². The van der Waals surface area contributed by atoms with Crippen molar-refractivity contribution in [2.45, 2.75) is 303 Å². The van der Waals surface area contributed by atoms with Gasteiger partial charge in [-0.3, -0.25) is 14.4 Å². The average molecular weight is 873 g/mol. The van der Waals surface area contributed by atoms with E-state index in [4.69, 9.17) is 14.2 Å². The first-order valence-corrected chi connectivity index (χ1v) is 27.3. The highest BCUT2D eigenvalue weighted by Crippen LogP contribution is 2.17. The minimum Gasteiger partial charge on any atom is -0.462 e. The molecule has 1 unspecified atom stereocenters. The van der Waals surface area contributed by atoms with Crippen molar-refractivity contribution in [3.05, 3.63) is 24.3 Å². The molecule has 0 fully saturated rings. The van der Waals surface area contributed by atoms with Gasteiger partial charge in [-0.1, -0.05) is 257 Å². The van der Waals surface area contributed by atoms with E-state index in [0.717, 1.165) is 77.0 Å². The molecule has 0 aromatic carbocycles. The van der Waals surface area contributed by atoms with Gasteiger partial charge >= 0.3 is 17.9 Å². The van der Waals surface area contributed by atoms with E-state index < -0.39 is 6.10 Å². The molecule has 0 N–H and O–H groups in total. The van der Waals surface area contributed by atoms with E-state index in [-0.39, 0.29) is 31.1 Å². The number of carbonyl (C=O) groups excluding carboxylic acids is 3. The van der Waals surface area contributed by atoms with Gasteiger partial charge in [0.2, 0.25) is 0 Å². The molecule has 62 heavy (non-hydrogen) atoms. The van der Waals surface area contributed by atoms with Crippen LogP contribution in [0, 0.1) is 0 Å². The number of rotatable bonds is 50. The van der Waals surface area contributed by atoms with Crippen LogP contribution in [0.4, 0.5) is 0 Å². The summed E-state index contributed by atoms with van der Waals surface area (Å²) in [5.74, 6) is -0.858. The molecule has 0 aliphatic heterocycles. The van der Waals surface area contributed by atoms with E-state index in [1.807, 2.05) is 0 Å². The monoisotopic (exact) mass is 873 g/mol. The van der Waals surface area contributed by atoms with Crippen molar-refractivity contribution in [1.82, 2.24) is 0 Å². The third-order valence-corrected chi connectivity index (χ3v) is 12.2. The lowest BCUT2D eigenvalue weighted by Crippen LogP contribution is -2.30. The van der Waals surface area contributed by atoms with Gasteiger partial charge in [0.25, 0.3) is 0 Å². The van der Waals surface area contributed by atoms with Crippen molar-refractivity contribution >= 4 is 17.9 Å². The Morgan fingerprint density at radius 1 is 0.339 bits per heavy atom. The molecule has 0 heterocycles. The SMILES string of the molecule is CC/C=C\C/C=C\CCCCCCCCCC(=O)OCC(COC(=O)CCCCCCCCCCCCCCCCC)OC(=O)CCCCCCCCCCCCCCCCC. The second-order valence-corrected chi connectivity index (χ2v) is 18.5. The maximum absolute atomic E-state index is 12.8. The molecule has 0 radical (unpaired) electrons. The van der Waals surface area contributed by atoms with Crippen LogP contribution >= 0.6 is 0 Å². The largest absolute Gasteiger partial charge is 0.462 e. The molecule has 0 saturated heterocycles. The van der Waals surface area contributed by atoms with Crippen LogP contribution in [0.5, 0.6) is 0 Å². The van der Waals surface area contributed by atoms with Gasteiger partial charge in [-0.25, -0.2) is 0 Å². The van der Waals surface area contributed by atoms with Gasteiger partial charge in [0.1, 0.15) is 13.2 Å². The summed E-state index contributed by atoms with van der Waals surface area (Å²) < 4.78 is 16.8. The van der Waals surface area contributed by atoms with E-state index in [0.29, 0.717) is 19.3 Å². The summed E-state index contributed by atoms with van der Waals surface area (Å²) in [4.78, 5) is 38.0. The number of carbonyl (C=O) groups is 3. The molecule has 0 spiro atoms. The number of hydrogen-bond donors (Lipinski definition) is 0. The maximum Gasteiger partial charge on any atom is 0.306 e. The van der Waals surface area contributed by atoms with E-state index in [1.54, 1.807) is 0 Å². The van der Waals surface area contributed by atoms with Crippen molar-refractivity contribution < 1.29 is 28.6 Å². The normalized spacial score (nSPS) is 12.1. The molecule has 0 aromatic rings. The zero-order valence-corrected chi connectivity index (χ0v) is 41.7. The van der Waals surface area contributed by atoms with Crippen LogP contribution in [0.1, 0.15) is 297 Å². The third-order valence-electron chi connectivity index (χ3n) is 12.2. The van der Waals surface area contributed by atoms with Gasteiger partial charge in [0, 0.05) is 19.3 Å². The van der Waals surface area contributed by atoms with E-state index >= 15 is 0 Å². The zero-order valence-electron chi connectivity index (χ0n) is 41.7. The fourth-order valence-electron chi connectivity index (χ4n) is 8.13. The van der Waals surface area contributed by atoms with Gasteiger partial charge in [0.15, 0.2) is 6.10 Å². The number of allylic oxidation sites excluding steroid dienone is 4. The molecule has 0 bridgehead atoms. The lowest BCUT2D eigenvalue weighted by molar-refractivity contribution is -0.167. The first-order chi connectivity index (χ1) is 30.5. The van der Waals surface area contributed by atoms with Gasteiger partial charge in [-0.15, -0.1) is 0 Å². The van der Waals surface area contributed by atoms with Crippen LogP contribution in [-0.4, -0.2) is 37.2 Å². The van der Waals surface area contributed by atoms with Crippen molar-refractivity contribution in [3.63, 3.8) is 0 Å². The molecule has 364 valence electrons. The van der Waals surface area contributed by atoms with Crippen molar-refractivity contribution in [2.75, 3.05) is 13.2 Å². The Kier molecular flexibility index (Phi) is 49.8. The average Bonchev–Trinajstić information content (AvgIpc) is 3.27. The summed E-state index contributed by atoms with van der Waals surface area (Å²) in [7, 11) is 0. The summed E-state index contributed by atoms with van der Waals surface area (Å²) in [5.41, 5.74) is 0. The Labute approximate surface area is 385 Å². The van der Waals surface area contributed by atoms with Crippen LogP contribution in [0.25, 0.3) is 0 Å².